The molecular weight excluding hydrogens is 289 g/mol. The molecule has 0 aliphatic heterocycles. The maximum absolute atomic E-state index is 13.7. The first-order valence-electron chi connectivity index (χ1n) is 7.13. The number of nitrogens with one attached hydrogen (secondary N) is 1. The van der Waals surface area contributed by atoms with Gasteiger partial charge in [0, 0.05) is 6.07 Å². The van der Waals surface area contributed by atoms with Crippen molar-refractivity contribution in [3.63, 3.8) is 0 Å². The van der Waals surface area contributed by atoms with E-state index in [2.05, 4.69) is 39.3 Å². The molecule has 1 aromatic carbocycles. The summed E-state index contributed by atoms with van der Waals surface area (Å²) in [4.78, 5) is 0. The lowest BCUT2D eigenvalue weighted by atomic mass is 9.97. The topological polar surface area (TPSA) is 51.3 Å². The quantitative estimate of drug-likeness (QED) is 0.640. The fourth-order valence-electron chi connectivity index (χ4n) is 1.89. The van der Waals surface area contributed by atoms with E-state index >= 15 is 0 Å². The first-order valence-corrected chi connectivity index (χ1v) is 8.03. The average Bonchev–Trinajstić information content (AvgIpc) is 2.26. The third-order valence-corrected chi connectivity index (χ3v) is 3.85. The molecule has 0 aliphatic carbocycles. The number of hydrogen-bond donors (Lipinski definition) is 1. The predicted molar refractivity (Wildman–Crippen MR) is 88.7 cm³/mol. The average molecular weight is 317 g/mol. The van der Waals surface area contributed by atoms with Gasteiger partial charge in [0.1, 0.15) is 16.3 Å². The van der Waals surface area contributed by atoms with Crippen molar-refractivity contribution in [2.24, 2.45) is 5.92 Å². The molecule has 0 amide bonds. The van der Waals surface area contributed by atoms with Crippen molar-refractivity contribution in [2.75, 3.05) is 6.61 Å². The van der Waals surface area contributed by atoms with E-state index in [9.17, 15) is 4.39 Å². The van der Waals surface area contributed by atoms with Gasteiger partial charge >= 0.3 is 0 Å². The van der Waals surface area contributed by atoms with Gasteiger partial charge in [-0.3, -0.25) is 0 Å². The molecule has 0 bridgehead atoms. The van der Waals surface area contributed by atoms with E-state index in [4.69, 9.17) is 4.74 Å². The van der Waals surface area contributed by atoms with E-state index in [0.717, 1.165) is 17.5 Å². The van der Waals surface area contributed by atoms with Gasteiger partial charge in [0.15, 0.2) is 0 Å². The minimum absolute atomic E-state index is 0. The summed E-state index contributed by atoms with van der Waals surface area (Å²) in [6, 6.07) is 5.08. The molecule has 21 heavy (non-hydrogen) atoms. The second-order valence-corrected chi connectivity index (χ2v) is 8.11. The smallest absolute Gasteiger partial charge is 0.136 e. The van der Waals surface area contributed by atoms with E-state index in [-0.39, 0.29) is 22.1 Å². The van der Waals surface area contributed by atoms with Crippen LogP contribution in [0.15, 0.2) is 18.2 Å². The molecule has 2 N–H and O–H groups in total. The van der Waals surface area contributed by atoms with Crippen LogP contribution in [0.4, 0.5) is 4.39 Å². The highest BCUT2D eigenvalue weighted by Gasteiger charge is 2.26. The molecule has 0 spiro atoms. The van der Waals surface area contributed by atoms with Crippen LogP contribution in [0.1, 0.15) is 53.1 Å². The number of halogens is 1. The Bertz CT molecular complexity index is 433. The molecule has 1 rings (SSSR count). The standard InChI is InChI=1S/C16H26FNOS.H2O/c1-7-19-14-9-12(8-13(17)10-14)15(11(2)3)18-20-16(4,5)6;/h8-11,15,18H,7H2,1-6H3;1H2/t15-;/m1./s1. The number of thiol groups is 1. The van der Waals surface area contributed by atoms with Gasteiger partial charge < -0.3 is 10.2 Å². The molecule has 0 saturated heterocycles. The van der Waals surface area contributed by atoms with Crippen molar-refractivity contribution in [2.45, 2.75) is 52.3 Å². The Morgan fingerprint density at radius 3 is 2.33 bits per heavy atom. The minimum Gasteiger partial charge on any atom is -0.870 e. The van der Waals surface area contributed by atoms with E-state index in [0.29, 0.717) is 18.3 Å². The maximum Gasteiger partial charge on any atom is 0.136 e. The lowest BCUT2D eigenvalue weighted by Gasteiger charge is -2.22. The highest BCUT2D eigenvalue weighted by molar-refractivity contribution is 7.77. The van der Waals surface area contributed by atoms with Crippen molar-refractivity contribution in [1.29, 1.82) is 0 Å². The summed E-state index contributed by atoms with van der Waals surface area (Å²) < 4.78 is 22.9. The number of rotatable bonds is 6. The molecule has 0 aliphatic rings. The lowest BCUT2D eigenvalue weighted by molar-refractivity contribution is 0.336. The molecule has 0 radical (unpaired) electrons. The van der Waals surface area contributed by atoms with Gasteiger partial charge in [0.2, 0.25) is 0 Å². The van der Waals surface area contributed by atoms with E-state index < -0.39 is 0 Å². The first kappa shape index (κ1) is 20.2. The van der Waals surface area contributed by atoms with Crippen LogP contribution in [-0.4, -0.2) is 16.8 Å². The van der Waals surface area contributed by atoms with Gasteiger partial charge in [-0.1, -0.05) is 13.8 Å². The molecule has 0 fully saturated rings. The van der Waals surface area contributed by atoms with Crippen molar-refractivity contribution >= 4 is 11.9 Å². The Balaban J connectivity index is 0.00000400. The second kappa shape index (κ2) is 8.61. The highest BCUT2D eigenvalue weighted by Crippen LogP contribution is 2.27. The van der Waals surface area contributed by atoms with Gasteiger partial charge in [0.25, 0.3) is 0 Å². The van der Waals surface area contributed by atoms with E-state index in [1.54, 1.807) is 6.07 Å². The third-order valence-electron chi connectivity index (χ3n) is 2.77. The fourth-order valence-corrected chi connectivity index (χ4v) is 2.86. The Hall–Kier alpha value is -0.780. The van der Waals surface area contributed by atoms with Crippen LogP contribution in [-0.2, 0) is 11.9 Å². The molecule has 0 saturated carbocycles. The molecule has 0 heterocycles. The molecule has 5 heteroatoms. The van der Waals surface area contributed by atoms with Crippen LogP contribution >= 0.6 is 0 Å². The normalized spacial score (nSPS) is 13.0. The highest BCUT2D eigenvalue weighted by atomic mass is 32.2. The van der Waals surface area contributed by atoms with Crippen molar-refractivity contribution < 1.29 is 14.6 Å². The van der Waals surface area contributed by atoms with Crippen molar-refractivity contribution in [3.05, 3.63) is 29.6 Å². The summed E-state index contributed by atoms with van der Waals surface area (Å²) in [7, 11) is 0. The first-order chi connectivity index (χ1) is 9.23. The number of ether oxygens (including phenoxy) is 1. The zero-order valence-electron chi connectivity index (χ0n) is 13.8. The predicted octanol–water partition coefficient (Wildman–Crippen LogP) is 3.86. The number of hydrogen-bond acceptors (Lipinski definition) is 3. The molecule has 1 aromatic rings. The number of benzene rings is 1. The summed E-state index contributed by atoms with van der Waals surface area (Å²) in [6.45, 7) is 13.3. The molecular formula is C16H28FNO2S. The molecule has 0 unspecified atom stereocenters. The Morgan fingerprint density at radius 2 is 1.86 bits per heavy atom. The Kier molecular flexibility index (Phi) is 8.29. The Labute approximate surface area is 132 Å². The minimum atomic E-state index is -0.245. The summed E-state index contributed by atoms with van der Waals surface area (Å²) in [6.07, 6.45) is 0. The van der Waals surface area contributed by atoms with E-state index in [1.807, 2.05) is 13.0 Å². The fraction of sp³-hybridized carbons (Fsp3) is 0.625. The van der Waals surface area contributed by atoms with Gasteiger partial charge in [-0.25, -0.2) is 4.39 Å². The zero-order chi connectivity index (χ0) is 15.3. The summed E-state index contributed by atoms with van der Waals surface area (Å²) in [5, 5.41) is 0. The van der Waals surface area contributed by atoms with Crippen molar-refractivity contribution in [1.82, 2.24) is 4.72 Å². The largest absolute Gasteiger partial charge is 0.870 e. The molecule has 122 valence electrons. The zero-order valence-corrected chi connectivity index (χ0v) is 14.7. The van der Waals surface area contributed by atoms with Crippen LogP contribution in [0, 0.1) is 11.7 Å². The third kappa shape index (κ3) is 7.16. The van der Waals surface area contributed by atoms with Gasteiger partial charge in [-0.15, -0.1) is 4.72 Å². The molecule has 1 atom stereocenters. The van der Waals surface area contributed by atoms with Crippen LogP contribution in [0.5, 0.6) is 5.75 Å². The summed E-state index contributed by atoms with van der Waals surface area (Å²) in [5.41, 5.74) is 0.945. The van der Waals surface area contributed by atoms with Crippen LogP contribution < -0.4 is 9.46 Å². The van der Waals surface area contributed by atoms with Crippen molar-refractivity contribution in [3.8, 4) is 5.75 Å². The summed E-state index contributed by atoms with van der Waals surface area (Å²) in [5.74, 6) is 0.731. The van der Waals surface area contributed by atoms with Crippen LogP contribution in [0.25, 0.3) is 0 Å². The maximum atomic E-state index is 13.7. The molecule has 0 aromatic heterocycles. The van der Waals surface area contributed by atoms with Gasteiger partial charge in [-0.2, -0.15) is 0 Å². The Morgan fingerprint density at radius 1 is 1.24 bits per heavy atom. The van der Waals surface area contributed by atoms with E-state index in [1.165, 1.54) is 6.07 Å². The van der Waals surface area contributed by atoms with Crippen LogP contribution in [0.2, 0.25) is 0 Å². The lowest BCUT2D eigenvalue weighted by Crippen LogP contribution is -2.33. The van der Waals surface area contributed by atoms with Crippen LogP contribution in [0.3, 0.4) is 0 Å². The van der Waals surface area contributed by atoms with Gasteiger partial charge in [-0.05, 0) is 51.3 Å². The summed E-state index contributed by atoms with van der Waals surface area (Å²) >= 11 is 1.15. The molecule has 3 nitrogen and oxygen atoms in total. The second-order valence-electron chi connectivity index (χ2n) is 6.29. The SMILES string of the molecule is CCOc1cc(F)cc([C@H](N[SH+]C(C)(C)C)C(C)C)c1.[OH-]. The monoisotopic (exact) mass is 317 g/mol. The van der Waals surface area contributed by atoms with Gasteiger partial charge in [0.05, 0.1) is 24.6 Å².